The van der Waals surface area contributed by atoms with Gasteiger partial charge in [0.25, 0.3) is 0 Å². The summed E-state index contributed by atoms with van der Waals surface area (Å²) >= 11 is 0. The van der Waals surface area contributed by atoms with Crippen molar-refractivity contribution in [3.05, 3.63) is 59.4 Å². The quantitative estimate of drug-likeness (QED) is 0.863. The first-order chi connectivity index (χ1) is 9.31. The Hall–Kier alpha value is -1.91. The van der Waals surface area contributed by atoms with E-state index in [1.165, 1.54) is 0 Å². The molecule has 0 spiro atoms. The van der Waals surface area contributed by atoms with Crippen LogP contribution in [-0.4, -0.2) is 12.1 Å². The largest absolute Gasteiger partial charge is 0.497 e. The molecule has 0 saturated heterocycles. The molecule has 0 saturated carbocycles. The zero-order valence-electron chi connectivity index (χ0n) is 11.0. The molecule has 0 radical (unpaired) electrons. The topological polar surface area (TPSA) is 57.4 Å². The lowest BCUT2D eigenvalue weighted by Gasteiger charge is -2.07. The average Bonchev–Trinajstić information content (AvgIpc) is 2.48. The van der Waals surface area contributed by atoms with Crippen molar-refractivity contribution in [3.8, 4) is 5.75 Å². The third-order valence-corrected chi connectivity index (χ3v) is 2.76. The lowest BCUT2D eigenvalue weighted by molar-refractivity contribution is 0.107. The summed E-state index contributed by atoms with van der Waals surface area (Å²) in [6, 6.07) is 11.8. The number of nitrogens with two attached hydrogens (primary N) is 1. The van der Waals surface area contributed by atoms with Gasteiger partial charge in [0.2, 0.25) is 0 Å². The Kier molecular flexibility index (Phi) is 4.89. The van der Waals surface area contributed by atoms with Gasteiger partial charge < -0.3 is 15.2 Å². The van der Waals surface area contributed by atoms with Crippen LogP contribution in [0, 0.1) is 0 Å². The second-order valence-electron chi connectivity index (χ2n) is 4.20. The van der Waals surface area contributed by atoms with E-state index in [9.17, 15) is 0 Å². The van der Waals surface area contributed by atoms with E-state index in [1.54, 1.807) is 13.3 Å². The summed E-state index contributed by atoms with van der Waals surface area (Å²) in [5, 5.41) is 0. The number of methoxy groups -OCH3 is 1. The van der Waals surface area contributed by atoms with Crippen molar-refractivity contribution in [1.82, 2.24) is 4.98 Å². The lowest BCUT2D eigenvalue weighted by Crippen LogP contribution is -2.01. The van der Waals surface area contributed by atoms with E-state index in [1.807, 2.05) is 36.4 Å². The number of aromatic nitrogens is 1. The van der Waals surface area contributed by atoms with Crippen LogP contribution >= 0.6 is 0 Å². The number of ether oxygens (including phenoxy) is 2. The molecule has 2 rings (SSSR count). The van der Waals surface area contributed by atoms with E-state index in [-0.39, 0.29) is 0 Å². The minimum atomic E-state index is 0.448. The summed E-state index contributed by atoms with van der Waals surface area (Å²) in [7, 11) is 1.66. The van der Waals surface area contributed by atoms with Gasteiger partial charge in [-0.3, -0.25) is 4.98 Å². The molecule has 100 valence electrons. The van der Waals surface area contributed by atoms with Crippen molar-refractivity contribution >= 4 is 0 Å². The summed E-state index contributed by atoms with van der Waals surface area (Å²) in [6.07, 6.45) is 1.76. The van der Waals surface area contributed by atoms with E-state index in [0.717, 1.165) is 22.6 Å². The Morgan fingerprint density at radius 2 is 1.89 bits per heavy atom. The zero-order valence-corrected chi connectivity index (χ0v) is 11.0. The van der Waals surface area contributed by atoms with Gasteiger partial charge in [-0.05, 0) is 35.4 Å². The number of benzene rings is 1. The van der Waals surface area contributed by atoms with E-state index in [4.69, 9.17) is 15.2 Å². The van der Waals surface area contributed by atoms with Gasteiger partial charge in [-0.15, -0.1) is 0 Å². The smallest absolute Gasteiger partial charge is 0.119 e. The summed E-state index contributed by atoms with van der Waals surface area (Å²) < 4.78 is 10.9. The number of rotatable bonds is 6. The highest BCUT2D eigenvalue weighted by Gasteiger charge is 1.99. The third-order valence-electron chi connectivity index (χ3n) is 2.76. The number of hydrogen-bond acceptors (Lipinski definition) is 4. The lowest BCUT2D eigenvalue weighted by atomic mass is 10.2. The van der Waals surface area contributed by atoms with Crippen LogP contribution < -0.4 is 10.5 Å². The van der Waals surface area contributed by atoms with Crippen LogP contribution in [0.15, 0.2) is 42.6 Å². The summed E-state index contributed by atoms with van der Waals surface area (Å²) in [5.74, 6) is 0.843. The van der Waals surface area contributed by atoms with E-state index < -0.39 is 0 Å². The molecule has 0 fully saturated rings. The zero-order chi connectivity index (χ0) is 13.5. The first kappa shape index (κ1) is 13.5. The van der Waals surface area contributed by atoms with Crippen LogP contribution in [0.1, 0.15) is 16.8 Å². The van der Waals surface area contributed by atoms with Crippen molar-refractivity contribution in [3.63, 3.8) is 0 Å². The number of nitrogens with zero attached hydrogens (tertiary/aromatic N) is 1. The van der Waals surface area contributed by atoms with Crippen LogP contribution in [0.5, 0.6) is 5.75 Å². The molecule has 0 bridgehead atoms. The third kappa shape index (κ3) is 4.05. The molecule has 1 aromatic heterocycles. The molecular weight excluding hydrogens is 240 g/mol. The Labute approximate surface area is 113 Å². The normalized spacial score (nSPS) is 10.4. The molecule has 2 N–H and O–H groups in total. The summed E-state index contributed by atoms with van der Waals surface area (Å²) in [5.41, 5.74) is 8.60. The average molecular weight is 258 g/mol. The molecule has 1 heterocycles. The van der Waals surface area contributed by atoms with Gasteiger partial charge in [0.15, 0.2) is 0 Å². The molecule has 0 aliphatic heterocycles. The van der Waals surface area contributed by atoms with Crippen LogP contribution in [0.2, 0.25) is 0 Å². The van der Waals surface area contributed by atoms with Gasteiger partial charge in [-0.25, -0.2) is 0 Å². The number of hydrogen-bond donors (Lipinski definition) is 1. The Morgan fingerprint density at radius 1 is 1.11 bits per heavy atom. The van der Waals surface area contributed by atoms with Crippen LogP contribution in [-0.2, 0) is 24.5 Å². The molecule has 1 aromatic carbocycles. The maximum atomic E-state index is 5.68. The first-order valence-electron chi connectivity index (χ1n) is 6.16. The van der Waals surface area contributed by atoms with Crippen LogP contribution in [0.3, 0.4) is 0 Å². The summed E-state index contributed by atoms with van der Waals surface area (Å²) in [6.45, 7) is 1.55. The molecule has 4 heteroatoms. The minimum absolute atomic E-state index is 0.448. The maximum absolute atomic E-state index is 5.68. The fraction of sp³-hybridized carbons (Fsp3) is 0.267. The summed E-state index contributed by atoms with van der Waals surface area (Å²) in [4.78, 5) is 4.15. The molecule has 0 atom stereocenters. The Morgan fingerprint density at radius 3 is 2.63 bits per heavy atom. The molecule has 0 aliphatic carbocycles. The SMILES string of the molecule is COc1cccc(COCc2ccnc(CN)c2)c1. The second-order valence-corrected chi connectivity index (χ2v) is 4.20. The predicted molar refractivity (Wildman–Crippen MR) is 73.6 cm³/mol. The highest BCUT2D eigenvalue weighted by Crippen LogP contribution is 2.14. The molecule has 0 unspecified atom stereocenters. The fourth-order valence-corrected chi connectivity index (χ4v) is 1.78. The fourth-order valence-electron chi connectivity index (χ4n) is 1.78. The second kappa shape index (κ2) is 6.87. The van der Waals surface area contributed by atoms with Crippen LogP contribution in [0.4, 0.5) is 0 Å². The van der Waals surface area contributed by atoms with E-state index in [0.29, 0.717) is 19.8 Å². The van der Waals surface area contributed by atoms with Crippen LogP contribution in [0.25, 0.3) is 0 Å². The monoisotopic (exact) mass is 258 g/mol. The van der Waals surface area contributed by atoms with Gasteiger partial charge in [0, 0.05) is 12.7 Å². The van der Waals surface area contributed by atoms with Gasteiger partial charge in [-0.1, -0.05) is 12.1 Å². The molecule has 4 nitrogen and oxygen atoms in total. The molecule has 0 aliphatic rings. The molecule has 0 amide bonds. The van der Waals surface area contributed by atoms with Crippen molar-refractivity contribution in [2.75, 3.05) is 7.11 Å². The van der Waals surface area contributed by atoms with Crippen molar-refractivity contribution in [2.45, 2.75) is 19.8 Å². The van der Waals surface area contributed by atoms with E-state index >= 15 is 0 Å². The maximum Gasteiger partial charge on any atom is 0.119 e. The van der Waals surface area contributed by atoms with Gasteiger partial charge in [-0.2, -0.15) is 0 Å². The van der Waals surface area contributed by atoms with Gasteiger partial charge in [0.05, 0.1) is 26.0 Å². The number of pyridine rings is 1. The van der Waals surface area contributed by atoms with Crippen molar-refractivity contribution in [2.24, 2.45) is 5.73 Å². The van der Waals surface area contributed by atoms with Gasteiger partial charge >= 0.3 is 0 Å². The van der Waals surface area contributed by atoms with E-state index in [2.05, 4.69) is 4.98 Å². The highest BCUT2D eigenvalue weighted by atomic mass is 16.5. The standard InChI is InChI=1S/C15H18N2O2/c1-18-15-4-2-3-12(8-15)10-19-11-13-5-6-17-14(7-13)9-16/h2-8H,9-11,16H2,1H3. The predicted octanol–water partition coefficient (Wildman–Crippen LogP) is 2.27. The van der Waals surface area contributed by atoms with Crippen molar-refractivity contribution < 1.29 is 9.47 Å². The van der Waals surface area contributed by atoms with Crippen molar-refractivity contribution in [1.29, 1.82) is 0 Å². The minimum Gasteiger partial charge on any atom is -0.497 e. The molecule has 2 aromatic rings. The Balaban J connectivity index is 1.88. The van der Waals surface area contributed by atoms with Gasteiger partial charge in [0.1, 0.15) is 5.75 Å². The first-order valence-corrected chi connectivity index (χ1v) is 6.16. The molecule has 19 heavy (non-hydrogen) atoms. The Bertz CT molecular complexity index is 482. The molecular formula is C15H18N2O2. The highest BCUT2D eigenvalue weighted by molar-refractivity contribution is 5.27.